The highest BCUT2D eigenvalue weighted by Crippen LogP contribution is 2.17. The van der Waals surface area contributed by atoms with E-state index in [4.69, 9.17) is 16.3 Å². The summed E-state index contributed by atoms with van der Waals surface area (Å²) in [7, 11) is 1.24. The van der Waals surface area contributed by atoms with E-state index in [1.807, 2.05) is 12.1 Å². The number of carbonyl (C=O) groups excluding carboxylic acids is 1. The van der Waals surface area contributed by atoms with Crippen molar-refractivity contribution in [2.24, 2.45) is 5.73 Å². The van der Waals surface area contributed by atoms with Crippen LogP contribution in [-0.2, 0) is 9.53 Å². The fourth-order valence-corrected chi connectivity index (χ4v) is 1.09. The van der Waals surface area contributed by atoms with Crippen molar-refractivity contribution in [2.45, 2.75) is 31.2 Å². The van der Waals surface area contributed by atoms with Crippen molar-refractivity contribution in [3.8, 4) is 12.1 Å². The summed E-state index contributed by atoms with van der Waals surface area (Å²) in [5, 5.41) is 16.8. The predicted molar refractivity (Wildman–Crippen MR) is 48.6 cm³/mol. The molecular weight excluding hydrogens is 182 g/mol. The topological polar surface area (TPSA) is 99.9 Å². The van der Waals surface area contributed by atoms with Gasteiger partial charge in [-0.05, 0) is 12.8 Å². The van der Waals surface area contributed by atoms with Gasteiger partial charge in [0.25, 0.3) is 0 Å². The van der Waals surface area contributed by atoms with Crippen LogP contribution in [0.25, 0.3) is 0 Å². The van der Waals surface area contributed by atoms with Gasteiger partial charge < -0.3 is 10.5 Å². The second kappa shape index (κ2) is 5.95. The lowest BCUT2D eigenvalue weighted by atomic mass is 9.90. The zero-order chi connectivity index (χ0) is 11.0. The fraction of sp³-hybridized carbons (Fsp3) is 0.667. The van der Waals surface area contributed by atoms with E-state index in [2.05, 4.69) is 4.74 Å². The summed E-state index contributed by atoms with van der Waals surface area (Å²) in [5.74, 6) is -0.567. The standard InChI is InChI=1S/C9H13N3O2/c1-14-8(13)9(12,4-2-6-10)5-3-7-11/h2-5,12H2,1H3. The van der Waals surface area contributed by atoms with Gasteiger partial charge in [0, 0.05) is 12.8 Å². The highest BCUT2D eigenvalue weighted by Gasteiger charge is 2.34. The molecule has 0 aromatic rings. The maximum atomic E-state index is 11.3. The Hall–Kier alpha value is -1.59. The van der Waals surface area contributed by atoms with Gasteiger partial charge in [0.2, 0.25) is 0 Å². The minimum absolute atomic E-state index is 0.178. The van der Waals surface area contributed by atoms with Crippen LogP contribution in [0.2, 0.25) is 0 Å². The zero-order valence-electron chi connectivity index (χ0n) is 8.12. The van der Waals surface area contributed by atoms with Crippen molar-refractivity contribution in [1.82, 2.24) is 0 Å². The molecule has 76 valence electrons. The van der Waals surface area contributed by atoms with Crippen molar-refractivity contribution < 1.29 is 9.53 Å². The van der Waals surface area contributed by atoms with Gasteiger partial charge in [-0.3, -0.25) is 4.79 Å². The molecule has 0 atom stereocenters. The normalized spacial score (nSPS) is 10.0. The molecule has 0 aliphatic heterocycles. The first kappa shape index (κ1) is 12.4. The van der Waals surface area contributed by atoms with Gasteiger partial charge in [-0.15, -0.1) is 0 Å². The summed E-state index contributed by atoms with van der Waals surface area (Å²) in [6.07, 6.45) is 0.795. The first-order valence-corrected chi connectivity index (χ1v) is 4.22. The smallest absolute Gasteiger partial charge is 0.325 e. The fourth-order valence-electron chi connectivity index (χ4n) is 1.09. The number of nitriles is 2. The van der Waals surface area contributed by atoms with Crippen LogP contribution in [0.5, 0.6) is 0 Å². The average molecular weight is 195 g/mol. The van der Waals surface area contributed by atoms with Crippen LogP contribution in [0.4, 0.5) is 0 Å². The van der Waals surface area contributed by atoms with E-state index >= 15 is 0 Å². The van der Waals surface area contributed by atoms with E-state index in [-0.39, 0.29) is 25.7 Å². The van der Waals surface area contributed by atoms with Gasteiger partial charge in [-0.1, -0.05) is 0 Å². The van der Waals surface area contributed by atoms with Crippen molar-refractivity contribution in [2.75, 3.05) is 7.11 Å². The first-order valence-electron chi connectivity index (χ1n) is 4.22. The number of carbonyl (C=O) groups is 1. The van der Waals surface area contributed by atoms with E-state index in [1.54, 1.807) is 0 Å². The number of esters is 1. The Morgan fingerprint density at radius 3 is 2.07 bits per heavy atom. The van der Waals surface area contributed by atoms with Crippen molar-refractivity contribution in [3.05, 3.63) is 0 Å². The molecule has 5 nitrogen and oxygen atoms in total. The maximum Gasteiger partial charge on any atom is 0.325 e. The van der Waals surface area contributed by atoms with Crippen LogP contribution in [0.3, 0.4) is 0 Å². The summed E-state index contributed by atoms with van der Waals surface area (Å²) in [5.41, 5.74) is 4.55. The number of nitrogens with zero attached hydrogens (tertiary/aromatic N) is 2. The Morgan fingerprint density at radius 2 is 1.79 bits per heavy atom. The number of ether oxygens (including phenoxy) is 1. The van der Waals surface area contributed by atoms with Crippen LogP contribution in [0.15, 0.2) is 0 Å². The quantitative estimate of drug-likeness (QED) is 0.642. The largest absolute Gasteiger partial charge is 0.468 e. The van der Waals surface area contributed by atoms with Crippen LogP contribution >= 0.6 is 0 Å². The molecule has 0 aromatic carbocycles. The van der Waals surface area contributed by atoms with Gasteiger partial charge in [-0.2, -0.15) is 10.5 Å². The molecule has 5 heteroatoms. The van der Waals surface area contributed by atoms with Gasteiger partial charge in [0.15, 0.2) is 0 Å². The molecule has 0 heterocycles. The van der Waals surface area contributed by atoms with Crippen LogP contribution in [0, 0.1) is 22.7 Å². The minimum Gasteiger partial charge on any atom is -0.468 e. The van der Waals surface area contributed by atoms with E-state index < -0.39 is 11.5 Å². The Morgan fingerprint density at radius 1 is 1.36 bits per heavy atom. The van der Waals surface area contributed by atoms with Crippen molar-refractivity contribution in [1.29, 1.82) is 10.5 Å². The van der Waals surface area contributed by atoms with E-state index in [9.17, 15) is 4.79 Å². The molecular formula is C9H13N3O2. The molecule has 0 spiro atoms. The van der Waals surface area contributed by atoms with E-state index in [1.165, 1.54) is 7.11 Å². The molecule has 14 heavy (non-hydrogen) atoms. The number of nitrogens with two attached hydrogens (primary N) is 1. The Kier molecular flexibility index (Phi) is 5.28. The molecule has 2 N–H and O–H groups in total. The van der Waals surface area contributed by atoms with Crippen LogP contribution in [0.1, 0.15) is 25.7 Å². The monoisotopic (exact) mass is 195 g/mol. The van der Waals surface area contributed by atoms with E-state index in [0.29, 0.717) is 0 Å². The van der Waals surface area contributed by atoms with Gasteiger partial charge >= 0.3 is 5.97 Å². The zero-order valence-corrected chi connectivity index (χ0v) is 8.12. The molecule has 0 amide bonds. The summed E-state index contributed by atoms with van der Waals surface area (Å²) < 4.78 is 4.53. The second-order valence-electron chi connectivity index (χ2n) is 2.96. The summed E-state index contributed by atoms with van der Waals surface area (Å²) in [6, 6.07) is 3.82. The molecule has 0 saturated heterocycles. The highest BCUT2D eigenvalue weighted by molar-refractivity contribution is 5.80. The van der Waals surface area contributed by atoms with Crippen molar-refractivity contribution >= 4 is 5.97 Å². The summed E-state index contributed by atoms with van der Waals surface area (Å²) >= 11 is 0. The molecule has 0 aliphatic carbocycles. The number of methoxy groups -OCH3 is 1. The third-order valence-electron chi connectivity index (χ3n) is 1.96. The number of rotatable bonds is 5. The van der Waals surface area contributed by atoms with Gasteiger partial charge in [0.1, 0.15) is 5.54 Å². The lowest BCUT2D eigenvalue weighted by Crippen LogP contribution is -2.48. The molecule has 0 rings (SSSR count). The lowest BCUT2D eigenvalue weighted by molar-refractivity contribution is -0.147. The SMILES string of the molecule is COC(=O)C(N)(CCC#N)CCC#N. The Bertz CT molecular complexity index is 257. The predicted octanol–water partition coefficient (Wildman–Crippen LogP) is 0.464. The van der Waals surface area contributed by atoms with E-state index in [0.717, 1.165) is 0 Å². The van der Waals surface area contributed by atoms with Gasteiger partial charge in [-0.25, -0.2) is 0 Å². The van der Waals surface area contributed by atoms with Crippen LogP contribution in [-0.4, -0.2) is 18.6 Å². The third-order valence-corrected chi connectivity index (χ3v) is 1.96. The molecule has 0 aliphatic rings. The molecule has 0 unspecified atom stereocenters. The number of hydrogen-bond donors (Lipinski definition) is 1. The van der Waals surface area contributed by atoms with Crippen LogP contribution < -0.4 is 5.73 Å². The Balaban J connectivity index is 4.43. The average Bonchev–Trinajstić information content (AvgIpc) is 2.22. The Labute approximate surface area is 83.1 Å². The summed E-state index contributed by atoms with van der Waals surface area (Å²) in [4.78, 5) is 11.3. The molecule has 0 radical (unpaired) electrons. The molecule has 0 saturated carbocycles. The van der Waals surface area contributed by atoms with Crippen molar-refractivity contribution in [3.63, 3.8) is 0 Å². The number of hydrogen-bond acceptors (Lipinski definition) is 5. The minimum atomic E-state index is -1.19. The maximum absolute atomic E-state index is 11.3. The third kappa shape index (κ3) is 3.42. The molecule has 0 fully saturated rings. The molecule has 0 aromatic heterocycles. The summed E-state index contributed by atoms with van der Waals surface area (Å²) in [6.45, 7) is 0. The lowest BCUT2D eigenvalue weighted by Gasteiger charge is -2.24. The first-order chi connectivity index (χ1) is 6.60. The highest BCUT2D eigenvalue weighted by atomic mass is 16.5. The second-order valence-corrected chi connectivity index (χ2v) is 2.96. The van der Waals surface area contributed by atoms with Gasteiger partial charge in [0.05, 0.1) is 19.2 Å². The molecule has 0 bridgehead atoms.